The summed E-state index contributed by atoms with van der Waals surface area (Å²) in [6, 6.07) is 20.5. The van der Waals surface area contributed by atoms with Crippen LogP contribution in [-0.2, 0) is 0 Å². The van der Waals surface area contributed by atoms with Crippen molar-refractivity contribution in [2.45, 2.75) is 13.8 Å². The summed E-state index contributed by atoms with van der Waals surface area (Å²) < 4.78 is 29.4. The Kier molecular flexibility index (Phi) is 9.81. The Morgan fingerprint density at radius 2 is 1.54 bits per heavy atom. The zero-order chi connectivity index (χ0) is 27.6. The zero-order valence-corrected chi connectivity index (χ0v) is 22.9. The van der Waals surface area contributed by atoms with Crippen LogP contribution in [0.3, 0.4) is 0 Å². The summed E-state index contributed by atoms with van der Waals surface area (Å²) in [4.78, 5) is 4.39. The van der Waals surface area contributed by atoms with Gasteiger partial charge in [-0.3, -0.25) is 4.98 Å². The smallest absolute Gasteiger partial charge is 0.207 e. The van der Waals surface area contributed by atoms with E-state index in [2.05, 4.69) is 34.0 Å². The van der Waals surface area contributed by atoms with Crippen molar-refractivity contribution in [1.29, 1.82) is 0 Å². The van der Waals surface area contributed by atoms with Crippen LogP contribution in [-0.4, -0.2) is 41.5 Å². The average Bonchev–Trinajstić information content (AvgIpc) is 2.95. The normalized spacial score (nSPS) is 11.7. The molecule has 0 bridgehead atoms. The third-order valence-electron chi connectivity index (χ3n) is 6.38. The number of anilines is 1. The van der Waals surface area contributed by atoms with Gasteiger partial charge in [0.15, 0.2) is 0 Å². The molecule has 0 saturated carbocycles. The van der Waals surface area contributed by atoms with Crippen LogP contribution in [0.2, 0.25) is 5.02 Å². The molecule has 3 aromatic carbocycles. The van der Waals surface area contributed by atoms with E-state index in [1.807, 2.05) is 42.5 Å². The van der Waals surface area contributed by atoms with Gasteiger partial charge in [0.25, 0.3) is 0 Å². The summed E-state index contributed by atoms with van der Waals surface area (Å²) in [5, 5.41) is 8.59. The number of nitrogens with zero attached hydrogens (tertiary/aromatic N) is 2. The third-order valence-corrected chi connectivity index (χ3v) is 6.61. The first kappa shape index (κ1) is 28.0. The van der Waals surface area contributed by atoms with E-state index in [0.717, 1.165) is 52.2 Å². The van der Waals surface area contributed by atoms with Gasteiger partial charge in [-0.05, 0) is 86.2 Å². The molecule has 4 rings (SSSR count). The van der Waals surface area contributed by atoms with Crippen molar-refractivity contribution in [2.24, 2.45) is 0 Å². The third kappa shape index (κ3) is 7.52. The molecule has 0 spiro atoms. The lowest BCUT2D eigenvalue weighted by atomic mass is 10.1. The molecule has 2 N–H and O–H groups in total. The minimum Gasteiger partial charge on any atom is -0.383 e. The maximum atomic E-state index is 13.6. The number of halogens is 3. The van der Waals surface area contributed by atoms with Crippen molar-refractivity contribution in [2.75, 3.05) is 31.5 Å². The molecule has 200 valence electrons. The average molecular weight is 546 g/mol. The van der Waals surface area contributed by atoms with Crippen LogP contribution in [0.1, 0.15) is 25.0 Å². The van der Waals surface area contributed by atoms with Crippen LogP contribution in [0.15, 0.2) is 97.2 Å². The van der Waals surface area contributed by atoms with Gasteiger partial charge in [-0.1, -0.05) is 29.8 Å². The van der Waals surface area contributed by atoms with Gasteiger partial charge in [0.05, 0.1) is 5.52 Å². The highest BCUT2D eigenvalue weighted by atomic mass is 35.5. The van der Waals surface area contributed by atoms with Gasteiger partial charge in [0.2, 0.25) is 5.71 Å². The molecule has 4 aromatic rings. The van der Waals surface area contributed by atoms with E-state index in [9.17, 15) is 8.78 Å². The Morgan fingerprint density at radius 3 is 2.21 bits per heavy atom. The first-order valence-electron chi connectivity index (χ1n) is 13.0. The minimum atomic E-state index is -0.284. The molecule has 0 saturated heterocycles. The summed E-state index contributed by atoms with van der Waals surface area (Å²) in [5.74, 6) is -0.546. The number of nitrogens with one attached hydrogen (secondary N) is 2. The molecular weight excluding hydrogens is 514 g/mol. The molecule has 0 radical (unpaired) electrons. The molecule has 0 amide bonds. The van der Waals surface area contributed by atoms with Crippen molar-refractivity contribution >= 4 is 39.6 Å². The summed E-state index contributed by atoms with van der Waals surface area (Å²) in [7, 11) is 0. The number of hydrogen-bond acceptors (Lipinski definition) is 3. The van der Waals surface area contributed by atoms with E-state index >= 15 is 0 Å². The van der Waals surface area contributed by atoms with Gasteiger partial charge in [0.1, 0.15) is 24.7 Å². The second-order valence-electron chi connectivity index (χ2n) is 8.88. The predicted molar refractivity (Wildman–Crippen MR) is 159 cm³/mol. The van der Waals surface area contributed by atoms with Gasteiger partial charge in [0, 0.05) is 52.7 Å². The number of fused-ring (bicyclic) bond motifs is 1. The van der Waals surface area contributed by atoms with Gasteiger partial charge in [-0.2, -0.15) is 0 Å². The van der Waals surface area contributed by atoms with Crippen molar-refractivity contribution in [3.8, 4) is 0 Å². The Labute approximate surface area is 233 Å². The SMILES string of the molecule is CC[N+](CC)=C(/C=C/C=C(/NCCNc1ccnc2cc(Cl)ccc12)c1ccc(F)cc1)c1ccc(F)cc1. The van der Waals surface area contributed by atoms with Crippen LogP contribution in [0.25, 0.3) is 16.6 Å². The number of pyridine rings is 1. The lowest BCUT2D eigenvalue weighted by Gasteiger charge is -2.13. The Bertz CT molecular complexity index is 1490. The van der Waals surface area contributed by atoms with Crippen LogP contribution < -0.4 is 10.6 Å². The molecular formula is C32H32ClF2N4+. The van der Waals surface area contributed by atoms with E-state index in [1.165, 1.54) is 24.3 Å². The van der Waals surface area contributed by atoms with E-state index in [-0.39, 0.29) is 11.6 Å². The van der Waals surface area contributed by atoms with Crippen molar-refractivity contribution in [3.63, 3.8) is 0 Å². The first-order valence-corrected chi connectivity index (χ1v) is 13.4. The molecule has 0 aliphatic rings. The minimum absolute atomic E-state index is 0.263. The van der Waals surface area contributed by atoms with Gasteiger partial charge >= 0.3 is 0 Å². The van der Waals surface area contributed by atoms with E-state index in [1.54, 1.807) is 30.5 Å². The highest BCUT2D eigenvalue weighted by Gasteiger charge is 2.12. The summed E-state index contributed by atoms with van der Waals surface area (Å²) in [6.07, 6.45) is 7.73. The van der Waals surface area contributed by atoms with Crippen molar-refractivity contribution in [1.82, 2.24) is 10.3 Å². The predicted octanol–water partition coefficient (Wildman–Crippen LogP) is 7.31. The molecule has 0 aliphatic heterocycles. The van der Waals surface area contributed by atoms with Crippen LogP contribution >= 0.6 is 11.6 Å². The van der Waals surface area contributed by atoms with Crippen LogP contribution in [0.5, 0.6) is 0 Å². The van der Waals surface area contributed by atoms with Gasteiger partial charge in [-0.25, -0.2) is 13.4 Å². The zero-order valence-electron chi connectivity index (χ0n) is 22.1. The molecule has 0 aliphatic carbocycles. The molecule has 39 heavy (non-hydrogen) atoms. The van der Waals surface area contributed by atoms with Crippen molar-refractivity contribution < 1.29 is 13.4 Å². The second-order valence-corrected chi connectivity index (χ2v) is 9.32. The topological polar surface area (TPSA) is 40.0 Å². The molecule has 0 fully saturated rings. The fraction of sp³-hybridized carbons (Fsp3) is 0.188. The summed E-state index contributed by atoms with van der Waals surface area (Å²) in [5.41, 5.74) is 5.48. The van der Waals surface area contributed by atoms with Gasteiger partial charge in [-0.15, -0.1) is 0 Å². The molecule has 0 unspecified atom stereocenters. The van der Waals surface area contributed by atoms with E-state index in [4.69, 9.17) is 11.6 Å². The monoisotopic (exact) mass is 545 g/mol. The molecule has 1 heterocycles. The standard InChI is InChI=1S/C32H31ClF2N4/c1-3-39(4-2)32(24-10-15-27(35)16-11-24)7-5-6-29(23-8-13-26(34)14-9-23)37-20-21-38-30-18-19-36-31-22-25(33)12-17-28(30)31/h5-19,22H,3-4,20-21H2,1-2H3,(H,36,38)/p+1. The number of allylic oxidation sites excluding steroid dienone is 3. The highest BCUT2D eigenvalue weighted by Crippen LogP contribution is 2.24. The fourth-order valence-corrected chi connectivity index (χ4v) is 4.53. The molecule has 0 atom stereocenters. The number of aromatic nitrogens is 1. The largest absolute Gasteiger partial charge is 0.383 e. The van der Waals surface area contributed by atoms with Crippen molar-refractivity contribution in [3.05, 3.63) is 125 Å². The second kappa shape index (κ2) is 13.7. The van der Waals surface area contributed by atoms with Crippen LogP contribution in [0.4, 0.5) is 14.5 Å². The molecule has 1 aromatic heterocycles. The lowest BCUT2D eigenvalue weighted by Crippen LogP contribution is -2.21. The molecule has 7 heteroatoms. The van der Waals surface area contributed by atoms with E-state index < -0.39 is 0 Å². The van der Waals surface area contributed by atoms with Crippen LogP contribution in [0, 0.1) is 11.6 Å². The highest BCUT2D eigenvalue weighted by molar-refractivity contribution is 6.31. The number of benzene rings is 3. The fourth-order valence-electron chi connectivity index (χ4n) is 4.36. The molecule has 4 nitrogen and oxygen atoms in total. The summed E-state index contributed by atoms with van der Waals surface area (Å²) in [6.45, 7) is 7.10. The summed E-state index contributed by atoms with van der Waals surface area (Å²) >= 11 is 6.11. The maximum absolute atomic E-state index is 13.6. The number of rotatable bonds is 11. The maximum Gasteiger partial charge on any atom is 0.207 e. The Morgan fingerprint density at radius 1 is 0.872 bits per heavy atom. The number of hydrogen-bond donors (Lipinski definition) is 2. The van der Waals surface area contributed by atoms with E-state index in [0.29, 0.717) is 18.1 Å². The Balaban J connectivity index is 1.53. The first-order chi connectivity index (χ1) is 19.0. The Hall–Kier alpha value is -4.03. The lowest BCUT2D eigenvalue weighted by molar-refractivity contribution is -0.519. The van der Waals surface area contributed by atoms with Gasteiger partial charge < -0.3 is 10.6 Å². The quantitative estimate of drug-likeness (QED) is 0.0898.